The number of rotatable bonds is 3. The molecule has 2 atom stereocenters. The zero-order chi connectivity index (χ0) is 14.3. The van der Waals surface area contributed by atoms with E-state index in [1.165, 1.54) is 37.8 Å². The Hall–Kier alpha value is -0.390. The highest BCUT2D eigenvalue weighted by Gasteiger charge is 2.35. The average molecular weight is 341 g/mol. The van der Waals surface area contributed by atoms with Gasteiger partial charge in [-0.05, 0) is 55.6 Å². The van der Waals surface area contributed by atoms with Crippen molar-refractivity contribution in [2.24, 2.45) is 7.05 Å². The van der Waals surface area contributed by atoms with Crippen LogP contribution >= 0.6 is 15.9 Å². The van der Waals surface area contributed by atoms with Gasteiger partial charge >= 0.3 is 0 Å². The predicted octanol–water partition coefficient (Wildman–Crippen LogP) is 2.60. The van der Waals surface area contributed by atoms with Gasteiger partial charge < -0.3 is 10.2 Å². The molecule has 4 nitrogen and oxygen atoms in total. The summed E-state index contributed by atoms with van der Waals surface area (Å²) >= 11 is 3.65. The van der Waals surface area contributed by atoms with Gasteiger partial charge in [0.2, 0.25) is 0 Å². The SMILES string of the molecule is Cc1nn(C)c(CNC2CC3CCCC(C2)N3C)c1Br. The third kappa shape index (κ3) is 2.68. The van der Waals surface area contributed by atoms with Crippen molar-refractivity contribution in [3.63, 3.8) is 0 Å². The lowest BCUT2D eigenvalue weighted by molar-refractivity contribution is 0.0481. The van der Waals surface area contributed by atoms with Crippen molar-refractivity contribution < 1.29 is 0 Å². The van der Waals surface area contributed by atoms with Crippen LogP contribution in [-0.4, -0.2) is 39.9 Å². The number of aryl methyl sites for hydroxylation is 2. The van der Waals surface area contributed by atoms with E-state index >= 15 is 0 Å². The summed E-state index contributed by atoms with van der Waals surface area (Å²) in [4.78, 5) is 2.62. The van der Waals surface area contributed by atoms with Crippen molar-refractivity contribution in [1.29, 1.82) is 0 Å². The molecule has 0 radical (unpaired) electrons. The molecule has 1 N–H and O–H groups in total. The second kappa shape index (κ2) is 5.78. The molecule has 3 rings (SSSR count). The molecule has 2 aliphatic heterocycles. The van der Waals surface area contributed by atoms with Gasteiger partial charge in [0.1, 0.15) is 0 Å². The quantitative estimate of drug-likeness (QED) is 0.917. The first-order chi connectivity index (χ1) is 9.56. The van der Waals surface area contributed by atoms with E-state index in [4.69, 9.17) is 0 Å². The summed E-state index contributed by atoms with van der Waals surface area (Å²) in [5.74, 6) is 0. The maximum absolute atomic E-state index is 4.47. The van der Waals surface area contributed by atoms with E-state index in [9.17, 15) is 0 Å². The molecule has 0 aliphatic carbocycles. The van der Waals surface area contributed by atoms with Crippen molar-refractivity contribution in [2.45, 2.75) is 63.7 Å². The van der Waals surface area contributed by atoms with Crippen molar-refractivity contribution in [3.05, 3.63) is 15.9 Å². The van der Waals surface area contributed by atoms with Gasteiger partial charge in [-0.25, -0.2) is 0 Å². The highest BCUT2D eigenvalue weighted by Crippen LogP contribution is 2.32. The second-order valence-electron chi connectivity index (χ2n) is 6.42. The molecule has 5 heteroatoms. The van der Waals surface area contributed by atoms with E-state index < -0.39 is 0 Å². The molecule has 0 spiro atoms. The fourth-order valence-electron chi connectivity index (χ4n) is 3.90. The summed E-state index contributed by atoms with van der Waals surface area (Å²) in [5, 5.41) is 8.23. The van der Waals surface area contributed by atoms with Crippen LogP contribution in [0.1, 0.15) is 43.5 Å². The second-order valence-corrected chi connectivity index (χ2v) is 7.22. The van der Waals surface area contributed by atoms with Gasteiger partial charge in [0, 0.05) is 31.7 Å². The Labute approximate surface area is 130 Å². The number of nitrogens with zero attached hydrogens (tertiary/aromatic N) is 3. The van der Waals surface area contributed by atoms with Gasteiger partial charge in [0.05, 0.1) is 15.9 Å². The fraction of sp³-hybridized carbons (Fsp3) is 0.800. The van der Waals surface area contributed by atoms with Gasteiger partial charge in [0.25, 0.3) is 0 Å². The van der Waals surface area contributed by atoms with Crippen LogP contribution in [0.4, 0.5) is 0 Å². The Balaban J connectivity index is 1.62. The number of hydrogen-bond donors (Lipinski definition) is 1. The maximum atomic E-state index is 4.47. The van der Waals surface area contributed by atoms with E-state index in [0.29, 0.717) is 6.04 Å². The summed E-state index contributed by atoms with van der Waals surface area (Å²) < 4.78 is 3.14. The Morgan fingerprint density at radius 2 is 1.90 bits per heavy atom. The Kier molecular flexibility index (Phi) is 4.20. The zero-order valence-electron chi connectivity index (χ0n) is 12.7. The summed E-state index contributed by atoms with van der Waals surface area (Å²) in [6, 6.07) is 2.23. The first-order valence-electron chi connectivity index (χ1n) is 7.69. The molecule has 2 bridgehead atoms. The molecule has 2 unspecified atom stereocenters. The van der Waals surface area contributed by atoms with Crippen LogP contribution in [0.5, 0.6) is 0 Å². The summed E-state index contributed by atoms with van der Waals surface area (Å²) in [7, 11) is 4.34. The molecule has 2 fully saturated rings. The van der Waals surface area contributed by atoms with E-state index in [2.05, 4.69) is 38.3 Å². The summed E-state index contributed by atoms with van der Waals surface area (Å²) in [6.45, 7) is 2.96. The maximum Gasteiger partial charge on any atom is 0.0739 e. The van der Waals surface area contributed by atoms with Crippen molar-refractivity contribution in [2.75, 3.05) is 7.05 Å². The van der Waals surface area contributed by atoms with Gasteiger partial charge in [-0.3, -0.25) is 4.68 Å². The van der Waals surface area contributed by atoms with Crippen molar-refractivity contribution in [1.82, 2.24) is 20.0 Å². The lowest BCUT2D eigenvalue weighted by Gasteiger charge is -2.47. The van der Waals surface area contributed by atoms with E-state index in [0.717, 1.165) is 28.8 Å². The molecule has 3 heterocycles. The van der Waals surface area contributed by atoms with Crippen LogP contribution in [0.15, 0.2) is 4.47 Å². The molecule has 0 aromatic carbocycles. The smallest absolute Gasteiger partial charge is 0.0739 e. The molecule has 1 aromatic rings. The van der Waals surface area contributed by atoms with Crippen LogP contribution < -0.4 is 5.32 Å². The van der Waals surface area contributed by atoms with Crippen LogP contribution in [-0.2, 0) is 13.6 Å². The number of halogens is 1. The van der Waals surface area contributed by atoms with Crippen molar-refractivity contribution in [3.8, 4) is 0 Å². The summed E-state index contributed by atoms with van der Waals surface area (Å²) in [5.41, 5.74) is 2.33. The largest absolute Gasteiger partial charge is 0.308 e. The lowest BCUT2D eigenvalue weighted by Crippen LogP contribution is -2.54. The number of fused-ring (bicyclic) bond motifs is 2. The highest BCUT2D eigenvalue weighted by molar-refractivity contribution is 9.10. The van der Waals surface area contributed by atoms with Gasteiger partial charge in [-0.2, -0.15) is 5.10 Å². The Morgan fingerprint density at radius 3 is 2.45 bits per heavy atom. The standard InChI is InChI=1S/C15H25BrN4/c1-10-15(16)14(20(3)18-10)9-17-11-7-12-5-4-6-13(8-11)19(12)2/h11-13,17H,4-9H2,1-3H3. The number of hydrogen-bond acceptors (Lipinski definition) is 3. The molecular weight excluding hydrogens is 316 g/mol. The lowest BCUT2D eigenvalue weighted by atomic mass is 9.82. The fourth-order valence-corrected chi connectivity index (χ4v) is 4.37. The number of piperidine rings is 2. The monoisotopic (exact) mass is 340 g/mol. The molecule has 0 amide bonds. The van der Waals surface area contributed by atoms with Gasteiger partial charge in [-0.15, -0.1) is 0 Å². The first-order valence-corrected chi connectivity index (χ1v) is 8.49. The van der Waals surface area contributed by atoms with Gasteiger partial charge in [0.15, 0.2) is 0 Å². The third-order valence-corrected chi connectivity index (χ3v) is 6.19. The molecule has 2 saturated heterocycles. The highest BCUT2D eigenvalue weighted by atomic mass is 79.9. The topological polar surface area (TPSA) is 33.1 Å². The van der Waals surface area contributed by atoms with Crippen LogP contribution in [0.3, 0.4) is 0 Å². The molecule has 0 saturated carbocycles. The number of aromatic nitrogens is 2. The average Bonchev–Trinajstić information content (AvgIpc) is 2.62. The van der Waals surface area contributed by atoms with Gasteiger partial charge in [-0.1, -0.05) is 6.42 Å². The van der Waals surface area contributed by atoms with E-state index in [-0.39, 0.29) is 0 Å². The Bertz CT molecular complexity index is 470. The third-order valence-electron chi connectivity index (χ3n) is 5.16. The number of nitrogens with one attached hydrogen (secondary N) is 1. The molecule has 1 aromatic heterocycles. The molecular formula is C15H25BrN4. The van der Waals surface area contributed by atoms with Crippen molar-refractivity contribution >= 4 is 15.9 Å². The van der Waals surface area contributed by atoms with Crippen LogP contribution in [0.2, 0.25) is 0 Å². The molecule has 20 heavy (non-hydrogen) atoms. The Morgan fingerprint density at radius 1 is 1.25 bits per heavy atom. The van der Waals surface area contributed by atoms with Crippen LogP contribution in [0.25, 0.3) is 0 Å². The normalized spacial score (nSPS) is 30.7. The first kappa shape index (κ1) is 14.5. The van der Waals surface area contributed by atoms with E-state index in [1.54, 1.807) is 0 Å². The van der Waals surface area contributed by atoms with Crippen LogP contribution in [0, 0.1) is 6.92 Å². The zero-order valence-corrected chi connectivity index (χ0v) is 14.3. The molecule has 2 aliphatic rings. The minimum atomic E-state index is 0.656. The minimum Gasteiger partial charge on any atom is -0.308 e. The summed E-state index contributed by atoms with van der Waals surface area (Å²) in [6.07, 6.45) is 6.75. The minimum absolute atomic E-state index is 0.656. The van der Waals surface area contributed by atoms with E-state index in [1.807, 2.05) is 18.7 Å². The molecule has 112 valence electrons. The predicted molar refractivity (Wildman–Crippen MR) is 84.7 cm³/mol.